The first-order valence-electron chi connectivity index (χ1n) is 8.08. The third kappa shape index (κ3) is 6.34. The summed E-state index contributed by atoms with van der Waals surface area (Å²) in [7, 11) is 0. The average Bonchev–Trinajstić information content (AvgIpc) is 2.65. The molecule has 0 atom stereocenters. The van der Waals surface area contributed by atoms with Crippen molar-refractivity contribution >= 4 is 46.3 Å². The third-order valence-corrected chi connectivity index (χ3v) is 4.21. The minimum Gasteiger partial charge on any atom is -0.504 e. The number of halogens is 4. The van der Waals surface area contributed by atoms with Crippen LogP contribution in [-0.4, -0.2) is 29.7 Å². The number of rotatable bonds is 5. The van der Waals surface area contributed by atoms with Gasteiger partial charge in [-0.25, -0.2) is 5.43 Å². The second-order valence-corrected chi connectivity index (χ2v) is 6.68. The zero-order chi connectivity index (χ0) is 21.6. The molecule has 0 bridgehead atoms. The Morgan fingerprint density at radius 1 is 1.24 bits per heavy atom. The van der Waals surface area contributed by atoms with Gasteiger partial charge in [0.2, 0.25) is 0 Å². The number of hydrogen-bond donors (Lipinski definition) is 3. The number of ether oxygens (including phenoxy) is 1. The molecule has 0 aliphatic heterocycles. The molecular formula is C18H15F3IN3O4. The van der Waals surface area contributed by atoms with Crippen LogP contribution in [0, 0.1) is 3.57 Å². The Bertz CT molecular complexity index is 948. The molecule has 0 unspecified atom stereocenters. The van der Waals surface area contributed by atoms with Crippen molar-refractivity contribution in [2.45, 2.75) is 13.1 Å². The van der Waals surface area contributed by atoms with E-state index < -0.39 is 23.6 Å². The number of anilines is 1. The predicted octanol–water partition coefficient (Wildman–Crippen LogP) is 3.50. The number of phenolic OH excluding ortho intramolecular Hbond substituents is 1. The van der Waals surface area contributed by atoms with Gasteiger partial charge in [0.05, 0.1) is 22.0 Å². The van der Waals surface area contributed by atoms with E-state index in [-0.39, 0.29) is 17.2 Å². The van der Waals surface area contributed by atoms with Crippen molar-refractivity contribution in [1.29, 1.82) is 0 Å². The second kappa shape index (κ2) is 9.58. The van der Waals surface area contributed by atoms with Crippen molar-refractivity contribution in [2.75, 3.05) is 11.9 Å². The summed E-state index contributed by atoms with van der Waals surface area (Å²) in [4.78, 5) is 23.6. The van der Waals surface area contributed by atoms with E-state index in [1.807, 2.05) is 28.0 Å². The third-order valence-electron chi connectivity index (χ3n) is 3.38. The van der Waals surface area contributed by atoms with Crippen molar-refractivity contribution in [3.63, 3.8) is 0 Å². The number of phenols is 1. The van der Waals surface area contributed by atoms with Gasteiger partial charge in [-0.3, -0.25) is 9.59 Å². The smallest absolute Gasteiger partial charge is 0.416 e. The van der Waals surface area contributed by atoms with E-state index in [0.29, 0.717) is 21.8 Å². The molecule has 11 heteroatoms. The van der Waals surface area contributed by atoms with Gasteiger partial charge < -0.3 is 15.2 Å². The molecule has 2 aromatic carbocycles. The number of hydrogen-bond acceptors (Lipinski definition) is 5. The number of nitrogens with one attached hydrogen (secondary N) is 2. The van der Waals surface area contributed by atoms with Gasteiger partial charge in [-0.2, -0.15) is 18.3 Å². The lowest BCUT2D eigenvalue weighted by molar-refractivity contribution is -0.137. The quantitative estimate of drug-likeness (QED) is 0.243. The number of amides is 2. The van der Waals surface area contributed by atoms with Crippen LogP contribution in [0.4, 0.5) is 18.9 Å². The maximum atomic E-state index is 12.7. The van der Waals surface area contributed by atoms with Crippen LogP contribution in [0.5, 0.6) is 11.5 Å². The van der Waals surface area contributed by atoms with Crippen molar-refractivity contribution < 1.29 is 32.6 Å². The second-order valence-electron chi connectivity index (χ2n) is 5.51. The van der Waals surface area contributed by atoms with Crippen LogP contribution in [0.3, 0.4) is 0 Å². The van der Waals surface area contributed by atoms with Crippen molar-refractivity contribution in [3.05, 3.63) is 51.1 Å². The molecule has 3 N–H and O–H groups in total. The molecule has 0 aliphatic carbocycles. The lowest BCUT2D eigenvalue weighted by Crippen LogP contribution is -2.32. The molecule has 0 aromatic heterocycles. The number of benzene rings is 2. The minimum absolute atomic E-state index is 0.0332. The van der Waals surface area contributed by atoms with E-state index in [1.165, 1.54) is 18.3 Å². The van der Waals surface area contributed by atoms with Crippen LogP contribution in [-0.2, 0) is 15.8 Å². The monoisotopic (exact) mass is 521 g/mol. The zero-order valence-electron chi connectivity index (χ0n) is 14.9. The van der Waals surface area contributed by atoms with Gasteiger partial charge in [-0.15, -0.1) is 0 Å². The van der Waals surface area contributed by atoms with Gasteiger partial charge in [-0.1, -0.05) is 6.07 Å². The summed E-state index contributed by atoms with van der Waals surface area (Å²) in [5, 5.41) is 15.6. The van der Waals surface area contributed by atoms with Crippen LogP contribution >= 0.6 is 22.6 Å². The van der Waals surface area contributed by atoms with E-state index in [2.05, 4.69) is 10.4 Å². The van der Waals surface area contributed by atoms with E-state index in [9.17, 15) is 27.9 Å². The first-order chi connectivity index (χ1) is 13.6. The summed E-state index contributed by atoms with van der Waals surface area (Å²) in [5.74, 6) is -2.16. The molecule has 0 aliphatic rings. The number of nitrogens with zero attached hydrogens (tertiary/aromatic N) is 1. The van der Waals surface area contributed by atoms with E-state index in [4.69, 9.17) is 4.74 Å². The standard InChI is InChI=1S/C18H15F3IN3O4/c1-2-29-14-7-10(6-13(22)15(14)26)9-23-25-17(28)16(27)24-12-5-3-4-11(8-12)18(19,20)21/h3-9,26H,2H2,1H3,(H,24,27)(H,25,28)/b23-9-. The molecule has 2 amide bonds. The first-order valence-corrected chi connectivity index (χ1v) is 9.16. The van der Waals surface area contributed by atoms with E-state index in [1.54, 1.807) is 13.0 Å². The summed E-state index contributed by atoms with van der Waals surface area (Å²) in [6, 6.07) is 6.93. The van der Waals surface area contributed by atoms with Gasteiger partial charge in [-0.05, 0) is 65.4 Å². The summed E-state index contributed by atoms with van der Waals surface area (Å²) < 4.78 is 43.8. The Balaban J connectivity index is 2.01. The van der Waals surface area contributed by atoms with Gasteiger partial charge in [0, 0.05) is 5.69 Å². The molecule has 0 saturated carbocycles. The number of alkyl halides is 3. The zero-order valence-corrected chi connectivity index (χ0v) is 17.0. The van der Waals surface area contributed by atoms with Crippen molar-refractivity contribution in [2.24, 2.45) is 5.10 Å². The predicted molar refractivity (Wildman–Crippen MR) is 108 cm³/mol. The highest BCUT2D eigenvalue weighted by Gasteiger charge is 2.30. The highest BCUT2D eigenvalue weighted by molar-refractivity contribution is 14.1. The van der Waals surface area contributed by atoms with Crippen LogP contribution in [0.1, 0.15) is 18.1 Å². The number of carbonyl (C=O) groups excluding carboxylic acids is 2. The maximum Gasteiger partial charge on any atom is 0.416 e. The molecule has 7 nitrogen and oxygen atoms in total. The lowest BCUT2D eigenvalue weighted by atomic mass is 10.2. The molecular weight excluding hydrogens is 506 g/mol. The van der Waals surface area contributed by atoms with E-state index in [0.717, 1.165) is 12.1 Å². The summed E-state index contributed by atoms with van der Waals surface area (Å²) >= 11 is 1.89. The minimum atomic E-state index is -4.57. The first kappa shape index (κ1) is 22.5. The average molecular weight is 521 g/mol. The largest absolute Gasteiger partial charge is 0.504 e. The highest BCUT2D eigenvalue weighted by atomic mass is 127. The van der Waals surface area contributed by atoms with Gasteiger partial charge >= 0.3 is 18.0 Å². The number of aromatic hydroxyl groups is 1. The van der Waals surface area contributed by atoms with Crippen LogP contribution in [0.25, 0.3) is 0 Å². The van der Waals surface area contributed by atoms with Gasteiger partial charge in [0.15, 0.2) is 11.5 Å². The molecule has 0 saturated heterocycles. The molecule has 0 radical (unpaired) electrons. The molecule has 0 heterocycles. The Morgan fingerprint density at radius 3 is 2.62 bits per heavy atom. The molecule has 2 rings (SSSR count). The lowest BCUT2D eigenvalue weighted by Gasteiger charge is -2.09. The van der Waals surface area contributed by atoms with E-state index >= 15 is 0 Å². The van der Waals surface area contributed by atoms with Crippen LogP contribution in [0.2, 0.25) is 0 Å². The number of carbonyl (C=O) groups is 2. The normalized spacial score (nSPS) is 11.3. The fraction of sp³-hybridized carbons (Fsp3) is 0.167. The summed E-state index contributed by atoms with van der Waals surface area (Å²) in [6.07, 6.45) is -3.35. The Kier molecular flexibility index (Phi) is 7.42. The fourth-order valence-corrected chi connectivity index (χ4v) is 2.74. The van der Waals surface area contributed by atoms with Gasteiger partial charge in [0.1, 0.15) is 0 Å². The summed E-state index contributed by atoms with van der Waals surface area (Å²) in [6.45, 7) is 2.08. The number of hydrazone groups is 1. The SMILES string of the molecule is CCOc1cc(/C=N\NC(=O)C(=O)Nc2cccc(C(F)(F)F)c2)cc(I)c1O. The molecule has 29 heavy (non-hydrogen) atoms. The van der Waals surface area contributed by atoms with Gasteiger partial charge in [0.25, 0.3) is 0 Å². The maximum absolute atomic E-state index is 12.7. The van der Waals surface area contributed by atoms with Crippen LogP contribution in [0.15, 0.2) is 41.5 Å². The fourth-order valence-electron chi connectivity index (χ4n) is 2.11. The Hall–Kier alpha value is -2.83. The van der Waals surface area contributed by atoms with Crippen molar-refractivity contribution in [1.82, 2.24) is 5.43 Å². The Labute approximate surface area is 177 Å². The molecule has 2 aromatic rings. The summed E-state index contributed by atoms with van der Waals surface area (Å²) in [5.41, 5.74) is 1.31. The molecule has 154 valence electrons. The molecule has 0 fully saturated rings. The van der Waals surface area contributed by atoms with Crippen LogP contribution < -0.4 is 15.5 Å². The van der Waals surface area contributed by atoms with Crippen molar-refractivity contribution in [3.8, 4) is 11.5 Å². The topological polar surface area (TPSA) is 100 Å². The Morgan fingerprint density at radius 2 is 1.97 bits per heavy atom. The highest BCUT2D eigenvalue weighted by Crippen LogP contribution is 2.32. The molecule has 0 spiro atoms.